The molecule has 0 bridgehead atoms. The molecule has 0 amide bonds. The van der Waals surface area contributed by atoms with E-state index in [1.807, 2.05) is 18.2 Å². The van der Waals surface area contributed by atoms with Gasteiger partial charge in [-0.1, -0.05) is 301 Å². The molecule has 5 unspecified atom stereocenters. The van der Waals surface area contributed by atoms with Gasteiger partial charge in [0.25, 0.3) is 0 Å². The fourth-order valence-electron chi connectivity index (χ4n) is 10.1. The van der Waals surface area contributed by atoms with Crippen molar-refractivity contribution in [3.63, 3.8) is 0 Å². The summed E-state index contributed by atoms with van der Waals surface area (Å²) in [7, 11) is -10.0. The molecular formula is C85H140O17P2. The van der Waals surface area contributed by atoms with E-state index in [1.54, 1.807) is 6.08 Å². The Kier molecular flexibility index (Phi) is 72.0. The number of esters is 4. The molecule has 0 heterocycles. The number of aliphatic hydroxyl groups is 1. The van der Waals surface area contributed by atoms with Crippen molar-refractivity contribution in [3.05, 3.63) is 158 Å². The Balaban J connectivity index is 5.46. The van der Waals surface area contributed by atoms with Gasteiger partial charge >= 0.3 is 39.5 Å². The molecule has 0 aromatic heterocycles. The Morgan fingerprint density at radius 1 is 0.288 bits per heavy atom. The van der Waals surface area contributed by atoms with E-state index in [4.69, 9.17) is 37.0 Å². The van der Waals surface area contributed by atoms with E-state index < -0.39 is 97.5 Å². The van der Waals surface area contributed by atoms with E-state index in [0.717, 1.165) is 167 Å². The monoisotopic (exact) mass is 1490 g/mol. The van der Waals surface area contributed by atoms with Crippen LogP contribution < -0.4 is 0 Å². The summed E-state index contributed by atoms with van der Waals surface area (Å²) in [4.78, 5) is 73.0. The van der Waals surface area contributed by atoms with Crippen LogP contribution in [0, 0.1) is 0 Å². The minimum absolute atomic E-state index is 0.0565. The fourth-order valence-corrected chi connectivity index (χ4v) is 11.7. The molecule has 3 N–H and O–H groups in total. The molecular weight excluding hydrogens is 1350 g/mol. The van der Waals surface area contributed by atoms with E-state index >= 15 is 0 Å². The molecule has 0 spiro atoms. The van der Waals surface area contributed by atoms with Crippen molar-refractivity contribution >= 4 is 39.5 Å². The second kappa shape index (κ2) is 75.9. The van der Waals surface area contributed by atoms with Gasteiger partial charge in [0.05, 0.1) is 32.8 Å². The molecule has 0 aliphatic heterocycles. The van der Waals surface area contributed by atoms with Crippen LogP contribution in [0.25, 0.3) is 0 Å². The third kappa shape index (κ3) is 74.9. The molecule has 0 saturated heterocycles. The molecule has 0 aromatic rings. The summed E-state index contributed by atoms with van der Waals surface area (Å²) in [6, 6.07) is 0. The van der Waals surface area contributed by atoms with Crippen LogP contribution in [-0.4, -0.2) is 96.7 Å². The van der Waals surface area contributed by atoms with Crippen LogP contribution >= 0.6 is 15.6 Å². The molecule has 19 heteroatoms. The summed E-state index contributed by atoms with van der Waals surface area (Å²) in [5, 5.41) is 10.6. The smallest absolute Gasteiger partial charge is 0.462 e. The molecule has 104 heavy (non-hydrogen) atoms. The van der Waals surface area contributed by atoms with Crippen molar-refractivity contribution in [3.8, 4) is 0 Å². The van der Waals surface area contributed by atoms with Crippen molar-refractivity contribution in [2.75, 3.05) is 39.6 Å². The van der Waals surface area contributed by atoms with Gasteiger partial charge in [-0.3, -0.25) is 37.3 Å². The van der Waals surface area contributed by atoms with E-state index in [9.17, 15) is 43.2 Å². The van der Waals surface area contributed by atoms with Crippen molar-refractivity contribution in [2.24, 2.45) is 0 Å². The highest BCUT2D eigenvalue weighted by Crippen LogP contribution is 2.45. The first-order chi connectivity index (χ1) is 50.7. The fraction of sp³-hybridized carbons (Fsp3) is 0.647. The number of phosphoric acid groups is 2. The first-order valence-corrected chi connectivity index (χ1v) is 42.7. The number of rotatable bonds is 73. The van der Waals surface area contributed by atoms with Crippen LogP contribution in [0.2, 0.25) is 0 Å². The van der Waals surface area contributed by atoms with Gasteiger partial charge in [0, 0.05) is 19.3 Å². The Bertz CT molecular complexity index is 2590. The predicted molar refractivity (Wildman–Crippen MR) is 427 cm³/mol. The number of ether oxygens (including phenoxy) is 4. The summed E-state index contributed by atoms with van der Waals surface area (Å²) in [5.41, 5.74) is 0. The number of unbranched alkanes of at least 4 members (excludes halogenated alkanes) is 22. The highest BCUT2D eigenvalue weighted by atomic mass is 31.2. The Morgan fingerprint density at radius 2 is 0.538 bits per heavy atom. The van der Waals surface area contributed by atoms with Crippen LogP contribution in [0.1, 0.15) is 297 Å². The van der Waals surface area contributed by atoms with E-state index in [2.05, 4.69) is 161 Å². The van der Waals surface area contributed by atoms with E-state index in [0.29, 0.717) is 25.7 Å². The summed E-state index contributed by atoms with van der Waals surface area (Å²) < 4.78 is 68.5. The molecule has 0 aliphatic rings. The maximum Gasteiger partial charge on any atom is 0.472 e. The van der Waals surface area contributed by atoms with Gasteiger partial charge in [-0.25, -0.2) is 9.13 Å². The maximum absolute atomic E-state index is 13.1. The Morgan fingerprint density at radius 3 is 0.856 bits per heavy atom. The zero-order chi connectivity index (χ0) is 76.0. The highest BCUT2D eigenvalue weighted by molar-refractivity contribution is 7.47. The lowest BCUT2D eigenvalue weighted by atomic mass is 10.0. The Hall–Kier alpha value is -5.32. The second-order valence-corrected chi connectivity index (χ2v) is 28.8. The van der Waals surface area contributed by atoms with E-state index in [1.165, 1.54) is 51.4 Å². The van der Waals surface area contributed by atoms with Crippen LogP contribution in [0.3, 0.4) is 0 Å². The number of carbonyl (C=O) groups is 4. The molecule has 0 fully saturated rings. The van der Waals surface area contributed by atoms with Gasteiger partial charge in [-0.15, -0.1) is 0 Å². The van der Waals surface area contributed by atoms with Crippen molar-refractivity contribution in [1.29, 1.82) is 0 Å². The number of allylic oxidation sites excluding steroid dienone is 25. The molecule has 0 aromatic carbocycles. The first-order valence-electron chi connectivity index (χ1n) is 39.7. The number of phosphoric ester groups is 2. The summed E-state index contributed by atoms with van der Waals surface area (Å²) in [5.74, 6) is -2.37. The third-order valence-electron chi connectivity index (χ3n) is 16.0. The van der Waals surface area contributed by atoms with Crippen LogP contribution in [0.15, 0.2) is 158 Å². The number of carbonyl (C=O) groups excluding carboxylic acids is 4. The van der Waals surface area contributed by atoms with Crippen molar-refractivity contribution in [1.82, 2.24) is 0 Å². The SMILES string of the molecule is CC/C=C\C/C=C\C/C=C\C/C=C\C/C=C\CC(=O)OCC(COP(=O)(O)OCC(O)COP(=O)(O)OCC(COC(=O)CCCCCCCC/C=C\C/C=C\C/C=C\C/C=C\CC)OC(=O)CCCCCC/C=C\C/C=C\C/C=C\C/C=C\CC)OC(=O)CCCCCCCCCCCCCCC. The summed E-state index contributed by atoms with van der Waals surface area (Å²) in [6.07, 6.45) is 88.2. The normalized spacial score (nSPS) is 14.7. The topological polar surface area (TPSA) is 237 Å². The van der Waals surface area contributed by atoms with Crippen molar-refractivity contribution < 1.29 is 80.2 Å². The minimum Gasteiger partial charge on any atom is -0.462 e. The van der Waals surface area contributed by atoms with Gasteiger partial charge in [0.2, 0.25) is 0 Å². The van der Waals surface area contributed by atoms with Gasteiger partial charge in [0.15, 0.2) is 12.2 Å². The molecule has 5 atom stereocenters. The van der Waals surface area contributed by atoms with Gasteiger partial charge in [-0.2, -0.15) is 0 Å². The third-order valence-corrected chi connectivity index (χ3v) is 17.9. The van der Waals surface area contributed by atoms with Gasteiger partial charge in [0.1, 0.15) is 19.3 Å². The van der Waals surface area contributed by atoms with E-state index in [-0.39, 0.29) is 25.7 Å². The average Bonchev–Trinajstić information content (AvgIpc) is 0.916. The number of aliphatic hydroxyl groups excluding tert-OH is 1. The quantitative estimate of drug-likeness (QED) is 0.0169. The van der Waals surface area contributed by atoms with Crippen molar-refractivity contribution in [2.45, 2.75) is 316 Å². The zero-order valence-electron chi connectivity index (χ0n) is 64.6. The second-order valence-electron chi connectivity index (χ2n) is 25.9. The summed E-state index contributed by atoms with van der Waals surface area (Å²) in [6.45, 7) is 4.38. The standard InChI is InChI=1S/C85H140O17P2/c1-5-9-13-17-21-25-29-33-36-38-39-41-43-47-50-54-58-62-66-70-83(88)96-76-81(102-85(90)72-68-64-60-56-52-48-44-40-37-34-30-26-22-18-14-10-6-2)78-100-104(93,94)98-74-79(86)73-97-103(91,92)99-77-80(101-84(89)71-67-63-59-55-51-45-32-28-24-20-16-12-8-4)75-95-82(87)69-65-61-57-53-49-46-42-35-31-27-23-19-15-11-7-3/h9-11,13-15,21-23,25-27,33-37,39,41-42,44,48-49,53,61,65,79-81,86H,5-8,12,16-20,24,28-32,38,40,43,45-47,50-52,54-60,62-64,66-78H2,1-4H3,(H,91,92)(H,93,94)/b13-9-,14-10-,15-11-,25-21-,26-22-,27-23-,36-33-,37-34-,41-39-,42-35-,48-44-,53-49-,65-61-. The Labute approximate surface area is 629 Å². The molecule has 592 valence electrons. The molecule has 0 rings (SSSR count). The average molecular weight is 1500 g/mol. The number of hydrogen-bond donors (Lipinski definition) is 3. The van der Waals surface area contributed by atoms with Gasteiger partial charge < -0.3 is 33.8 Å². The lowest BCUT2D eigenvalue weighted by Gasteiger charge is -2.21. The number of hydrogen-bond acceptors (Lipinski definition) is 15. The van der Waals surface area contributed by atoms with Gasteiger partial charge in [-0.05, 0) is 128 Å². The lowest BCUT2D eigenvalue weighted by Crippen LogP contribution is -2.30. The molecule has 17 nitrogen and oxygen atoms in total. The summed E-state index contributed by atoms with van der Waals surface area (Å²) >= 11 is 0. The molecule has 0 aliphatic carbocycles. The van der Waals surface area contributed by atoms with Crippen LogP contribution in [0.4, 0.5) is 0 Å². The van der Waals surface area contributed by atoms with Crippen LogP contribution in [-0.2, 0) is 65.4 Å². The lowest BCUT2D eigenvalue weighted by molar-refractivity contribution is -0.161. The predicted octanol–water partition coefficient (Wildman–Crippen LogP) is 23.2. The molecule has 0 saturated carbocycles. The largest absolute Gasteiger partial charge is 0.472 e. The molecule has 0 radical (unpaired) electrons. The maximum atomic E-state index is 13.1. The highest BCUT2D eigenvalue weighted by Gasteiger charge is 2.30. The minimum atomic E-state index is -5.00. The first kappa shape index (κ1) is 98.7. The van der Waals surface area contributed by atoms with Crippen LogP contribution in [0.5, 0.6) is 0 Å². The zero-order valence-corrected chi connectivity index (χ0v) is 66.4.